The summed E-state index contributed by atoms with van der Waals surface area (Å²) >= 11 is 2.90. The molecule has 5 rings (SSSR count). The summed E-state index contributed by atoms with van der Waals surface area (Å²) < 4.78 is 21.0. The van der Waals surface area contributed by atoms with Gasteiger partial charge in [-0.3, -0.25) is 9.36 Å². The highest BCUT2D eigenvalue weighted by molar-refractivity contribution is 7.99. The van der Waals surface area contributed by atoms with E-state index in [1.165, 1.54) is 23.9 Å². The van der Waals surface area contributed by atoms with E-state index in [1.54, 1.807) is 29.7 Å². The SMILES string of the molecule is O=C(CSc1nnc(N2CCCC2)n1Cc1ccco1)NC(c1ccc(F)cc1)c1cccs1. The number of nitrogens with zero attached hydrogens (tertiary/aromatic N) is 4. The molecule has 0 saturated carbocycles. The number of furan rings is 1. The molecule has 176 valence electrons. The molecular formula is C24H24FN5O2S2. The van der Waals surface area contributed by atoms with E-state index in [1.807, 2.05) is 34.2 Å². The number of halogens is 1. The van der Waals surface area contributed by atoms with Gasteiger partial charge in [-0.1, -0.05) is 30.0 Å². The predicted octanol–water partition coefficient (Wildman–Crippen LogP) is 4.72. The molecular weight excluding hydrogens is 473 g/mol. The molecule has 0 spiro atoms. The third kappa shape index (κ3) is 5.18. The van der Waals surface area contributed by atoms with Gasteiger partial charge >= 0.3 is 0 Å². The van der Waals surface area contributed by atoms with Crippen molar-refractivity contribution in [3.05, 3.63) is 82.2 Å². The minimum atomic E-state index is -0.338. The van der Waals surface area contributed by atoms with Crippen LogP contribution in [0.4, 0.5) is 10.3 Å². The molecule has 1 aromatic carbocycles. The van der Waals surface area contributed by atoms with Crippen molar-refractivity contribution in [2.75, 3.05) is 23.7 Å². The lowest BCUT2D eigenvalue weighted by molar-refractivity contribution is -0.119. The molecule has 1 atom stereocenters. The van der Waals surface area contributed by atoms with Gasteiger partial charge in [0.25, 0.3) is 0 Å². The Balaban J connectivity index is 1.31. The van der Waals surface area contributed by atoms with Crippen molar-refractivity contribution in [2.24, 2.45) is 0 Å². The summed E-state index contributed by atoms with van der Waals surface area (Å²) in [6, 6.07) is 13.6. The highest BCUT2D eigenvalue weighted by Crippen LogP contribution is 2.28. The normalized spacial score (nSPS) is 14.4. The maximum absolute atomic E-state index is 13.4. The number of thioether (sulfide) groups is 1. The average Bonchev–Trinajstić information content (AvgIpc) is 3.65. The third-order valence-electron chi connectivity index (χ3n) is 5.65. The van der Waals surface area contributed by atoms with Crippen LogP contribution in [0.5, 0.6) is 0 Å². The minimum Gasteiger partial charge on any atom is -0.467 e. The van der Waals surface area contributed by atoms with Gasteiger partial charge in [0.15, 0.2) is 5.16 Å². The van der Waals surface area contributed by atoms with E-state index in [2.05, 4.69) is 20.4 Å². The van der Waals surface area contributed by atoms with Gasteiger partial charge in [-0.15, -0.1) is 21.5 Å². The standard InChI is InChI=1S/C24H24FN5O2S2/c25-18-9-7-17(8-10-18)22(20-6-4-14-33-20)26-21(31)16-34-24-28-27-23(29-11-1-2-12-29)30(24)15-19-5-3-13-32-19/h3-10,13-14,22H,1-2,11-12,15-16H2,(H,26,31). The van der Waals surface area contributed by atoms with Crippen LogP contribution in [0.3, 0.4) is 0 Å². The Labute approximate surface area is 205 Å². The Morgan fingerprint density at radius 1 is 1.15 bits per heavy atom. The Hall–Kier alpha value is -3.11. The smallest absolute Gasteiger partial charge is 0.231 e. The monoisotopic (exact) mass is 497 g/mol. The van der Waals surface area contributed by atoms with Gasteiger partial charge in [0.1, 0.15) is 11.6 Å². The molecule has 10 heteroatoms. The van der Waals surface area contributed by atoms with Crippen LogP contribution in [-0.4, -0.2) is 39.5 Å². The molecule has 34 heavy (non-hydrogen) atoms. The summed E-state index contributed by atoms with van der Waals surface area (Å²) in [6.45, 7) is 2.40. The number of carbonyl (C=O) groups excluding carboxylic acids is 1. The van der Waals surface area contributed by atoms with Crippen molar-refractivity contribution in [1.82, 2.24) is 20.1 Å². The van der Waals surface area contributed by atoms with Gasteiger partial charge in [0.05, 0.1) is 24.6 Å². The van der Waals surface area contributed by atoms with Crippen molar-refractivity contribution >= 4 is 35.0 Å². The van der Waals surface area contributed by atoms with E-state index < -0.39 is 0 Å². The molecule has 0 aliphatic carbocycles. The number of nitrogens with one attached hydrogen (secondary N) is 1. The van der Waals surface area contributed by atoms with Gasteiger partial charge < -0.3 is 14.6 Å². The third-order valence-corrected chi connectivity index (χ3v) is 7.55. The van der Waals surface area contributed by atoms with Crippen molar-refractivity contribution < 1.29 is 13.6 Å². The van der Waals surface area contributed by atoms with Crippen LogP contribution in [0.1, 0.15) is 35.1 Å². The van der Waals surface area contributed by atoms with Crippen LogP contribution in [0.15, 0.2) is 69.7 Å². The summed E-state index contributed by atoms with van der Waals surface area (Å²) in [4.78, 5) is 16.2. The Kier molecular flexibility index (Phi) is 6.96. The summed E-state index contributed by atoms with van der Waals surface area (Å²) in [5.41, 5.74) is 0.833. The largest absolute Gasteiger partial charge is 0.467 e. The molecule has 1 N–H and O–H groups in total. The zero-order valence-electron chi connectivity index (χ0n) is 18.4. The number of anilines is 1. The van der Waals surface area contributed by atoms with E-state index in [4.69, 9.17) is 4.42 Å². The lowest BCUT2D eigenvalue weighted by Crippen LogP contribution is -2.30. The van der Waals surface area contributed by atoms with E-state index in [-0.39, 0.29) is 23.5 Å². The number of rotatable bonds is 9. The molecule has 4 aromatic rings. The summed E-state index contributed by atoms with van der Waals surface area (Å²) in [6.07, 6.45) is 3.91. The van der Waals surface area contributed by atoms with Crippen molar-refractivity contribution in [3.63, 3.8) is 0 Å². The van der Waals surface area contributed by atoms with Crippen molar-refractivity contribution in [1.29, 1.82) is 0 Å². The zero-order valence-corrected chi connectivity index (χ0v) is 20.0. The highest BCUT2D eigenvalue weighted by Gasteiger charge is 2.23. The van der Waals surface area contributed by atoms with E-state index in [9.17, 15) is 9.18 Å². The summed E-state index contributed by atoms with van der Waals surface area (Å²) in [5, 5.41) is 14.5. The summed E-state index contributed by atoms with van der Waals surface area (Å²) in [7, 11) is 0. The zero-order chi connectivity index (χ0) is 23.3. The number of hydrogen-bond donors (Lipinski definition) is 1. The van der Waals surface area contributed by atoms with Gasteiger partial charge in [-0.05, 0) is 54.1 Å². The topological polar surface area (TPSA) is 76.2 Å². The van der Waals surface area contributed by atoms with Crippen molar-refractivity contribution in [2.45, 2.75) is 30.6 Å². The average molecular weight is 498 g/mol. The first-order valence-electron chi connectivity index (χ1n) is 11.1. The fourth-order valence-electron chi connectivity index (χ4n) is 4.00. The van der Waals surface area contributed by atoms with E-state index in [0.717, 1.165) is 48.1 Å². The van der Waals surface area contributed by atoms with Crippen molar-refractivity contribution in [3.8, 4) is 0 Å². The van der Waals surface area contributed by atoms with Crippen LogP contribution >= 0.6 is 23.1 Å². The van der Waals surface area contributed by atoms with Gasteiger partial charge in [0.2, 0.25) is 11.9 Å². The maximum atomic E-state index is 13.4. The Bertz CT molecular complexity index is 1200. The lowest BCUT2D eigenvalue weighted by atomic mass is 10.1. The van der Waals surface area contributed by atoms with Crippen LogP contribution in [-0.2, 0) is 11.3 Å². The molecule has 1 saturated heterocycles. The molecule has 1 aliphatic rings. The van der Waals surface area contributed by atoms with Crippen LogP contribution in [0.25, 0.3) is 0 Å². The minimum absolute atomic E-state index is 0.136. The van der Waals surface area contributed by atoms with E-state index >= 15 is 0 Å². The van der Waals surface area contributed by atoms with Crippen LogP contribution < -0.4 is 10.2 Å². The van der Waals surface area contributed by atoms with Gasteiger partial charge in [-0.25, -0.2) is 4.39 Å². The van der Waals surface area contributed by atoms with Gasteiger partial charge in [-0.2, -0.15) is 0 Å². The lowest BCUT2D eigenvalue weighted by Gasteiger charge is -2.19. The number of hydrogen-bond acceptors (Lipinski definition) is 7. The quantitative estimate of drug-likeness (QED) is 0.337. The first-order valence-corrected chi connectivity index (χ1v) is 13.0. The molecule has 0 bridgehead atoms. The molecule has 4 heterocycles. The van der Waals surface area contributed by atoms with Crippen LogP contribution in [0.2, 0.25) is 0 Å². The fraction of sp³-hybridized carbons (Fsp3) is 0.292. The number of aromatic nitrogens is 3. The number of thiophene rings is 1. The number of carbonyl (C=O) groups is 1. The second-order valence-electron chi connectivity index (χ2n) is 8.00. The summed E-state index contributed by atoms with van der Waals surface area (Å²) in [5.74, 6) is 1.35. The second-order valence-corrected chi connectivity index (χ2v) is 9.92. The number of amides is 1. The molecule has 1 amide bonds. The van der Waals surface area contributed by atoms with Crippen LogP contribution in [0, 0.1) is 5.82 Å². The predicted molar refractivity (Wildman–Crippen MR) is 131 cm³/mol. The second kappa shape index (κ2) is 10.4. The molecule has 0 radical (unpaired) electrons. The maximum Gasteiger partial charge on any atom is 0.231 e. The molecule has 7 nitrogen and oxygen atoms in total. The van der Waals surface area contributed by atoms with E-state index in [0.29, 0.717) is 11.7 Å². The fourth-order valence-corrected chi connectivity index (χ4v) is 5.54. The Morgan fingerprint density at radius 3 is 2.68 bits per heavy atom. The number of benzene rings is 1. The molecule has 3 aromatic heterocycles. The first-order chi connectivity index (χ1) is 16.7. The first kappa shape index (κ1) is 22.7. The molecule has 1 fully saturated rings. The highest BCUT2D eigenvalue weighted by atomic mass is 32.2. The molecule has 1 aliphatic heterocycles. The molecule has 1 unspecified atom stereocenters. The Morgan fingerprint density at radius 2 is 1.97 bits per heavy atom. The van der Waals surface area contributed by atoms with Gasteiger partial charge in [0, 0.05) is 18.0 Å².